The minimum absolute atomic E-state index is 0.0113. The van der Waals surface area contributed by atoms with Gasteiger partial charge in [-0.2, -0.15) is 0 Å². The first-order chi connectivity index (χ1) is 10.8. The second-order valence-electron chi connectivity index (χ2n) is 5.72. The molecule has 1 N–H and O–H groups in total. The molecule has 2 saturated heterocycles. The number of rotatable bonds is 7. The Morgan fingerprint density at radius 1 is 1.23 bits per heavy atom. The van der Waals surface area contributed by atoms with Crippen molar-refractivity contribution in [3.63, 3.8) is 0 Å². The maximum Gasteiger partial charge on any atom is 0.317 e. The zero-order chi connectivity index (χ0) is 15.6. The van der Waals surface area contributed by atoms with Crippen LogP contribution in [-0.2, 0) is 14.2 Å². The van der Waals surface area contributed by atoms with E-state index in [1.165, 1.54) is 0 Å². The number of ether oxygens (including phenoxy) is 3. The summed E-state index contributed by atoms with van der Waals surface area (Å²) in [5.74, 6) is 0. The molecule has 128 valence electrons. The Morgan fingerprint density at radius 2 is 1.91 bits per heavy atom. The third-order valence-electron chi connectivity index (χ3n) is 4.24. The maximum absolute atomic E-state index is 12.5. The Hall–Kier alpha value is -0.890. The topological polar surface area (TPSA) is 63.3 Å². The van der Waals surface area contributed by atoms with Gasteiger partial charge in [0.1, 0.15) is 0 Å². The van der Waals surface area contributed by atoms with Gasteiger partial charge in [0, 0.05) is 59.1 Å². The normalized spacial score (nSPS) is 20.8. The van der Waals surface area contributed by atoms with Crippen LogP contribution in [0.4, 0.5) is 4.79 Å². The van der Waals surface area contributed by atoms with Crippen molar-refractivity contribution in [2.75, 3.05) is 72.9 Å². The first-order valence-electron chi connectivity index (χ1n) is 8.22. The predicted molar refractivity (Wildman–Crippen MR) is 83.1 cm³/mol. The molecule has 2 aliphatic heterocycles. The molecule has 2 fully saturated rings. The first kappa shape index (κ1) is 17.5. The summed E-state index contributed by atoms with van der Waals surface area (Å²) in [6.45, 7) is 7.70. The summed E-state index contributed by atoms with van der Waals surface area (Å²) in [6, 6.07) is 0.287. The Balaban J connectivity index is 1.83. The molecule has 22 heavy (non-hydrogen) atoms. The number of hydrogen-bond donors (Lipinski definition) is 1. The van der Waals surface area contributed by atoms with E-state index in [0.29, 0.717) is 13.2 Å². The highest BCUT2D eigenvalue weighted by atomic mass is 16.5. The van der Waals surface area contributed by atoms with E-state index in [-0.39, 0.29) is 12.1 Å². The quantitative estimate of drug-likeness (QED) is 0.678. The fourth-order valence-electron chi connectivity index (χ4n) is 2.88. The van der Waals surface area contributed by atoms with Crippen LogP contribution in [0.2, 0.25) is 0 Å². The molecule has 0 saturated carbocycles. The standard InChI is InChI=1S/C15H29N3O4/c1-20-11-4-16-15(19)18(14-2-9-21-10-3-14)6-5-17-7-12-22-13-8-17/h14H,2-13H2,1H3,(H,16,19). The van der Waals surface area contributed by atoms with Crippen molar-refractivity contribution in [3.8, 4) is 0 Å². The lowest BCUT2D eigenvalue weighted by molar-refractivity contribution is 0.0225. The van der Waals surface area contributed by atoms with E-state index in [0.717, 1.165) is 65.4 Å². The van der Waals surface area contributed by atoms with Crippen LogP contribution in [0.25, 0.3) is 0 Å². The average molecular weight is 315 g/mol. The van der Waals surface area contributed by atoms with Crippen molar-refractivity contribution < 1.29 is 19.0 Å². The van der Waals surface area contributed by atoms with Gasteiger partial charge in [0.05, 0.1) is 19.8 Å². The minimum Gasteiger partial charge on any atom is -0.383 e. The number of hydrogen-bond acceptors (Lipinski definition) is 5. The van der Waals surface area contributed by atoms with Crippen LogP contribution < -0.4 is 5.32 Å². The van der Waals surface area contributed by atoms with Crippen LogP contribution >= 0.6 is 0 Å². The lowest BCUT2D eigenvalue weighted by atomic mass is 10.1. The Morgan fingerprint density at radius 3 is 2.59 bits per heavy atom. The van der Waals surface area contributed by atoms with Crippen molar-refractivity contribution in [1.29, 1.82) is 0 Å². The van der Waals surface area contributed by atoms with E-state index < -0.39 is 0 Å². The van der Waals surface area contributed by atoms with Crippen LogP contribution in [0.5, 0.6) is 0 Å². The summed E-state index contributed by atoms with van der Waals surface area (Å²) in [6.07, 6.45) is 1.83. The van der Waals surface area contributed by atoms with Crippen molar-refractivity contribution >= 4 is 6.03 Å². The maximum atomic E-state index is 12.5. The summed E-state index contributed by atoms with van der Waals surface area (Å²) in [7, 11) is 1.64. The fraction of sp³-hybridized carbons (Fsp3) is 0.933. The second kappa shape index (κ2) is 9.99. The number of nitrogens with zero attached hydrogens (tertiary/aromatic N) is 2. The van der Waals surface area contributed by atoms with Crippen LogP contribution in [0.15, 0.2) is 0 Å². The fourth-order valence-corrected chi connectivity index (χ4v) is 2.88. The molecular formula is C15H29N3O4. The average Bonchev–Trinajstić information content (AvgIpc) is 2.57. The highest BCUT2D eigenvalue weighted by Crippen LogP contribution is 2.15. The van der Waals surface area contributed by atoms with Gasteiger partial charge < -0.3 is 24.4 Å². The van der Waals surface area contributed by atoms with Crippen molar-refractivity contribution in [2.24, 2.45) is 0 Å². The van der Waals surface area contributed by atoms with Crippen LogP contribution in [0, 0.1) is 0 Å². The summed E-state index contributed by atoms with van der Waals surface area (Å²) in [4.78, 5) is 16.8. The molecule has 0 atom stereocenters. The third-order valence-corrected chi connectivity index (χ3v) is 4.24. The molecule has 2 amide bonds. The summed E-state index contributed by atoms with van der Waals surface area (Å²) >= 11 is 0. The zero-order valence-corrected chi connectivity index (χ0v) is 13.6. The Bertz CT molecular complexity index is 318. The van der Waals surface area contributed by atoms with E-state index in [9.17, 15) is 4.79 Å². The summed E-state index contributed by atoms with van der Waals surface area (Å²) < 4.78 is 15.8. The van der Waals surface area contributed by atoms with E-state index in [2.05, 4.69) is 10.2 Å². The molecule has 0 bridgehead atoms. The van der Waals surface area contributed by atoms with Gasteiger partial charge in [-0.15, -0.1) is 0 Å². The lowest BCUT2D eigenvalue weighted by Crippen LogP contribution is -2.52. The number of carbonyl (C=O) groups excluding carboxylic acids is 1. The molecule has 0 aliphatic carbocycles. The molecule has 0 spiro atoms. The van der Waals surface area contributed by atoms with E-state index in [4.69, 9.17) is 14.2 Å². The Labute approximate surface area is 132 Å². The first-order valence-corrected chi connectivity index (χ1v) is 8.22. The smallest absolute Gasteiger partial charge is 0.317 e. The van der Waals surface area contributed by atoms with Crippen LogP contribution in [-0.4, -0.2) is 94.7 Å². The highest BCUT2D eigenvalue weighted by Gasteiger charge is 2.26. The number of carbonyl (C=O) groups is 1. The second-order valence-corrected chi connectivity index (χ2v) is 5.72. The predicted octanol–water partition coefficient (Wildman–Crippen LogP) is 0.156. The zero-order valence-electron chi connectivity index (χ0n) is 13.6. The van der Waals surface area contributed by atoms with Gasteiger partial charge >= 0.3 is 6.03 Å². The van der Waals surface area contributed by atoms with Crippen molar-refractivity contribution in [3.05, 3.63) is 0 Å². The highest BCUT2D eigenvalue weighted by molar-refractivity contribution is 5.74. The van der Waals surface area contributed by atoms with E-state index >= 15 is 0 Å². The molecule has 0 radical (unpaired) electrons. The van der Waals surface area contributed by atoms with Gasteiger partial charge in [-0.1, -0.05) is 0 Å². The molecule has 0 aromatic carbocycles. The molecule has 0 unspecified atom stereocenters. The van der Waals surface area contributed by atoms with E-state index in [1.54, 1.807) is 7.11 Å². The molecule has 7 heteroatoms. The lowest BCUT2D eigenvalue weighted by Gasteiger charge is -2.36. The molecule has 0 aromatic rings. The van der Waals surface area contributed by atoms with Crippen molar-refractivity contribution in [1.82, 2.24) is 15.1 Å². The molecule has 7 nitrogen and oxygen atoms in total. The summed E-state index contributed by atoms with van der Waals surface area (Å²) in [5.41, 5.74) is 0. The van der Waals surface area contributed by atoms with Gasteiger partial charge in [0.15, 0.2) is 0 Å². The number of amides is 2. The molecule has 2 heterocycles. The SMILES string of the molecule is COCCNC(=O)N(CCN1CCOCC1)C1CCOCC1. The van der Waals surface area contributed by atoms with E-state index in [1.807, 2.05) is 4.90 Å². The molecule has 2 rings (SSSR count). The monoisotopic (exact) mass is 315 g/mol. The van der Waals surface area contributed by atoms with Gasteiger partial charge in [-0.25, -0.2) is 4.79 Å². The molecule has 2 aliphatic rings. The Kier molecular flexibility index (Phi) is 7.93. The summed E-state index contributed by atoms with van der Waals surface area (Å²) in [5, 5.41) is 2.95. The van der Waals surface area contributed by atoms with Gasteiger partial charge in [-0.3, -0.25) is 4.90 Å². The molecule has 0 aromatic heterocycles. The van der Waals surface area contributed by atoms with Gasteiger partial charge in [0.2, 0.25) is 0 Å². The minimum atomic E-state index is 0.0113. The third kappa shape index (κ3) is 5.72. The van der Waals surface area contributed by atoms with Crippen LogP contribution in [0.3, 0.4) is 0 Å². The van der Waals surface area contributed by atoms with Crippen LogP contribution in [0.1, 0.15) is 12.8 Å². The number of nitrogens with one attached hydrogen (secondary N) is 1. The van der Waals surface area contributed by atoms with Gasteiger partial charge in [-0.05, 0) is 12.8 Å². The number of morpholine rings is 1. The van der Waals surface area contributed by atoms with Gasteiger partial charge in [0.25, 0.3) is 0 Å². The van der Waals surface area contributed by atoms with Crippen molar-refractivity contribution in [2.45, 2.75) is 18.9 Å². The number of urea groups is 1. The number of methoxy groups -OCH3 is 1. The largest absolute Gasteiger partial charge is 0.383 e. The molecular weight excluding hydrogens is 286 g/mol.